The Morgan fingerprint density at radius 1 is 0.947 bits per heavy atom. The molecule has 76 heavy (non-hydrogen) atoms. The van der Waals surface area contributed by atoms with Crippen LogP contribution in [0.15, 0.2) is 0 Å². The lowest BCUT2D eigenvalue weighted by Crippen LogP contribution is -2.61. The van der Waals surface area contributed by atoms with E-state index in [0.717, 1.165) is 25.0 Å². The van der Waals surface area contributed by atoms with Crippen molar-refractivity contribution in [3.05, 3.63) is 0 Å². The zero-order chi connectivity index (χ0) is 57.2. The van der Waals surface area contributed by atoms with Gasteiger partial charge in [-0.2, -0.15) is 0 Å². The molecule has 4 heterocycles. The number of cyclic esters (lactones) is 1. The predicted octanol–water partition coefficient (Wildman–Crippen LogP) is 5.69. The van der Waals surface area contributed by atoms with Crippen molar-refractivity contribution in [1.29, 1.82) is 0 Å². The number of rotatable bonds is 15. The van der Waals surface area contributed by atoms with Gasteiger partial charge in [-0.1, -0.05) is 70.4 Å². The fourth-order valence-corrected chi connectivity index (χ4v) is 16.5. The minimum atomic E-state index is -1.85. The smallest absolute Gasteiger partial charge is 0.327 e. The van der Waals surface area contributed by atoms with E-state index in [1.165, 1.54) is 35.6 Å². The van der Waals surface area contributed by atoms with E-state index in [-0.39, 0.29) is 54.2 Å². The van der Waals surface area contributed by atoms with Crippen LogP contribution < -0.4 is 5.32 Å². The van der Waals surface area contributed by atoms with Crippen LogP contribution in [0.2, 0.25) is 0 Å². The number of amides is 1. The standard InChI is InChI=1S/C53H97N3O16S4/c1-17-38-53(12,65)43(58)33(6)56(15)27-29(2)25-51(10,64)45(31(4)41(32(5)47(62)69-38)71-40-26-52(11,66-16)44(59)34(7)68-40)72-48-42(37(55(13)14)24-30(3)67-48)70-39(57)21-19-18-20-35-22-23-73-74-28-36(46(60)61)54-49(63)50(8,9)76-75-35/h29-45,48,57-59,64-65H,17-28H2,1-16H3,(H,54,63)(H,60,61)/t29-,30-,31+,32-,33-,34+,35?,36?,37+,38-,39?,40+,41+,42-,43-,44+,45-,48+,51-,52-,53-/m1/s1. The number of carboxylic acid groups (broad SMARTS) is 1. The number of aliphatic hydroxyl groups excluding tert-OH is 3. The summed E-state index contributed by atoms with van der Waals surface area (Å²) in [7, 11) is 13.3. The Bertz CT molecular complexity index is 1830. The molecule has 23 heteroatoms. The Morgan fingerprint density at radius 3 is 2.24 bits per heavy atom. The number of nitrogens with zero attached hydrogens (tertiary/aromatic N) is 2. The van der Waals surface area contributed by atoms with Crippen molar-refractivity contribution in [2.75, 3.05) is 46.3 Å². The highest BCUT2D eigenvalue weighted by Gasteiger charge is 2.53. The lowest BCUT2D eigenvalue weighted by Gasteiger charge is -2.49. The summed E-state index contributed by atoms with van der Waals surface area (Å²) in [5.41, 5.74) is -4.58. The van der Waals surface area contributed by atoms with Crippen molar-refractivity contribution in [3.8, 4) is 0 Å². The molecule has 0 spiro atoms. The van der Waals surface area contributed by atoms with Gasteiger partial charge in [-0.25, -0.2) is 4.79 Å². The van der Waals surface area contributed by atoms with Crippen LogP contribution in [-0.2, 0) is 47.5 Å². The molecular weight excluding hydrogens is 1060 g/mol. The normalized spacial score (nSPS) is 42.8. The first-order chi connectivity index (χ1) is 35.3. The van der Waals surface area contributed by atoms with Crippen LogP contribution in [0.5, 0.6) is 0 Å². The van der Waals surface area contributed by atoms with Gasteiger partial charge < -0.3 is 78.9 Å². The van der Waals surface area contributed by atoms with Gasteiger partial charge in [0, 0.05) is 54.8 Å². The van der Waals surface area contributed by atoms with Gasteiger partial charge in [0.15, 0.2) is 18.9 Å². The van der Waals surface area contributed by atoms with Gasteiger partial charge >= 0.3 is 11.9 Å². The average Bonchev–Trinajstić information content (AvgIpc) is 3.33. The van der Waals surface area contributed by atoms with Crippen LogP contribution in [0.25, 0.3) is 0 Å². The molecule has 7 N–H and O–H groups in total. The maximum atomic E-state index is 14.6. The number of hydrogen-bond donors (Lipinski definition) is 7. The van der Waals surface area contributed by atoms with E-state index in [9.17, 15) is 45.0 Å². The number of likely N-dealkylation sites (N-methyl/N-ethyl adjacent to an activating group) is 2. The lowest BCUT2D eigenvalue weighted by atomic mass is 9.77. The number of carbonyl (C=O) groups excluding carboxylic acids is 2. The van der Waals surface area contributed by atoms with Gasteiger partial charge in [0.1, 0.15) is 36.1 Å². The molecule has 1 amide bonds. The monoisotopic (exact) mass is 1160 g/mol. The van der Waals surface area contributed by atoms with Crippen molar-refractivity contribution < 1.29 is 78.2 Å². The van der Waals surface area contributed by atoms with Crippen LogP contribution in [0, 0.1) is 17.8 Å². The van der Waals surface area contributed by atoms with E-state index < -0.39 is 119 Å². The molecule has 0 aromatic carbocycles. The van der Waals surface area contributed by atoms with Crippen LogP contribution in [0.3, 0.4) is 0 Å². The molecule has 0 bridgehead atoms. The van der Waals surface area contributed by atoms with Gasteiger partial charge in [0.25, 0.3) is 0 Å². The molecule has 3 unspecified atom stereocenters. The zero-order valence-electron chi connectivity index (χ0n) is 48.2. The molecule has 21 atom stereocenters. The first kappa shape index (κ1) is 67.8. The highest BCUT2D eigenvalue weighted by atomic mass is 33.1. The summed E-state index contributed by atoms with van der Waals surface area (Å²) in [4.78, 5) is 43.5. The summed E-state index contributed by atoms with van der Waals surface area (Å²) in [6, 6.07) is -1.85. The number of unbranched alkanes of at least 4 members (excludes halogenated alkanes) is 1. The quantitative estimate of drug-likeness (QED) is 0.0450. The van der Waals surface area contributed by atoms with Crippen molar-refractivity contribution in [1.82, 2.24) is 15.1 Å². The van der Waals surface area contributed by atoms with Gasteiger partial charge in [-0.05, 0) is 134 Å². The number of carbonyl (C=O) groups is 3. The zero-order valence-corrected chi connectivity index (χ0v) is 51.4. The Kier molecular flexibility index (Phi) is 26.3. The summed E-state index contributed by atoms with van der Waals surface area (Å²) in [5, 5.41) is 72.2. The number of esters is 1. The second-order valence-corrected chi connectivity index (χ2v) is 29.3. The van der Waals surface area contributed by atoms with E-state index in [4.69, 9.17) is 33.2 Å². The summed E-state index contributed by atoms with van der Waals surface area (Å²) >= 11 is 0. The molecule has 19 nitrogen and oxygen atoms in total. The van der Waals surface area contributed by atoms with Gasteiger partial charge in [-0.15, -0.1) is 0 Å². The van der Waals surface area contributed by atoms with Crippen LogP contribution in [0.4, 0.5) is 0 Å². The third-order valence-electron chi connectivity index (χ3n) is 16.1. The van der Waals surface area contributed by atoms with Crippen molar-refractivity contribution in [2.24, 2.45) is 17.8 Å². The number of aliphatic hydroxyl groups is 5. The van der Waals surface area contributed by atoms with Gasteiger partial charge in [-0.3, -0.25) is 9.59 Å². The maximum absolute atomic E-state index is 14.6. The largest absolute Gasteiger partial charge is 0.480 e. The number of aliphatic carboxylic acids is 1. The van der Waals surface area contributed by atoms with E-state index in [1.54, 1.807) is 77.0 Å². The molecule has 4 fully saturated rings. The number of nitrogens with one attached hydrogen (secondary N) is 1. The molecule has 0 saturated carbocycles. The Labute approximate surface area is 469 Å². The van der Waals surface area contributed by atoms with E-state index >= 15 is 0 Å². The molecule has 4 aliphatic heterocycles. The van der Waals surface area contributed by atoms with Gasteiger partial charge in [0.2, 0.25) is 5.91 Å². The van der Waals surface area contributed by atoms with Gasteiger partial charge in [0.05, 0.1) is 46.3 Å². The highest BCUT2D eigenvalue weighted by molar-refractivity contribution is 8.77. The fraction of sp³-hybridized carbons (Fsp3) is 0.943. The topological polar surface area (TPSA) is 256 Å². The molecule has 0 aliphatic carbocycles. The van der Waals surface area contributed by atoms with Crippen molar-refractivity contribution in [2.45, 2.75) is 253 Å². The molecule has 0 aromatic heterocycles. The lowest BCUT2D eigenvalue weighted by molar-refractivity contribution is -0.332. The number of hydrogen-bond acceptors (Lipinski definition) is 21. The Balaban J connectivity index is 1.67. The fourth-order valence-electron chi connectivity index (χ4n) is 11.1. The number of methoxy groups -OCH3 is 1. The SMILES string of the molecule is CC[C@H]1OC(=O)[C@H](C)[C@@H](O[C@H]2C[C@@](C)(OC)[C@@H](O)[C@H](C)O2)[C@H](C)[C@@H](O[C@@H]2O[C@H](C)C[C@H](N(C)C)[C@H]2OC(O)CCCCC2CCSSCC(C(=O)O)NC(=O)C(C)(C)SS2)[C@](C)(O)C[C@@H](C)CN(C)[C@H](C)[C@@H](O)[C@]1(C)O. The third-order valence-corrected chi connectivity index (χ3v) is 22.4. The van der Waals surface area contributed by atoms with Crippen LogP contribution in [0.1, 0.15) is 141 Å². The molecule has 0 radical (unpaired) electrons. The van der Waals surface area contributed by atoms with Crippen LogP contribution in [-0.4, -0.2) is 217 Å². The van der Waals surface area contributed by atoms with Crippen molar-refractivity contribution in [3.63, 3.8) is 0 Å². The molecule has 4 rings (SSSR count). The molecule has 444 valence electrons. The number of carboxylic acids is 1. The molecule has 4 aliphatic rings. The maximum Gasteiger partial charge on any atom is 0.327 e. The first-order valence-electron chi connectivity index (χ1n) is 27.3. The second-order valence-electron chi connectivity index (χ2n) is 23.6. The van der Waals surface area contributed by atoms with Crippen LogP contribution >= 0.6 is 43.2 Å². The number of ether oxygens (including phenoxy) is 7. The summed E-state index contributed by atoms with van der Waals surface area (Å²) in [6.45, 7) is 21.6. The Morgan fingerprint density at radius 2 is 1.62 bits per heavy atom. The Hall–Kier alpha value is -0.710. The predicted molar refractivity (Wildman–Crippen MR) is 300 cm³/mol. The highest BCUT2D eigenvalue weighted by Crippen LogP contribution is 2.44. The van der Waals surface area contributed by atoms with Crippen molar-refractivity contribution >= 4 is 61.0 Å². The summed E-state index contributed by atoms with van der Waals surface area (Å²) in [6.07, 6.45) is -6.49. The molecule has 0 aromatic rings. The van der Waals surface area contributed by atoms with E-state index in [1.807, 2.05) is 51.7 Å². The molecular formula is C53H97N3O16S4. The average molecular weight is 1160 g/mol. The summed E-state index contributed by atoms with van der Waals surface area (Å²) in [5.74, 6) is -3.12. The minimum Gasteiger partial charge on any atom is -0.480 e. The van der Waals surface area contributed by atoms with E-state index in [2.05, 4.69) is 5.32 Å². The minimum absolute atomic E-state index is 0.0906. The summed E-state index contributed by atoms with van der Waals surface area (Å²) < 4.78 is 44.7. The van der Waals surface area contributed by atoms with E-state index in [0.29, 0.717) is 25.8 Å². The second kappa shape index (κ2) is 29.5. The molecule has 4 saturated heterocycles. The first-order valence-corrected chi connectivity index (χ1v) is 32.0. The third kappa shape index (κ3) is 18.1.